The Balaban J connectivity index is 3.37. The van der Waals surface area contributed by atoms with Crippen LogP contribution in [0, 0.1) is 28.4 Å². The summed E-state index contributed by atoms with van der Waals surface area (Å²) in [5.74, 6) is 0. The van der Waals surface area contributed by atoms with Crippen molar-refractivity contribution in [2.24, 2.45) is 5.73 Å². The van der Waals surface area contributed by atoms with Crippen LogP contribution < -0.4 is 5.73 Å². The van der Waals surface area contributed by atoms with Crippen molar-refractivity contribution < 1.29 is 4.92 Å². The van der Waals surface area contributed by atoms with Crippen LogP contribution in [-0.4, -0.2) is 4.92 Å². The van der Waals surface area contributed by atoms with Crippen molar-refractivity contribution in [3.63, 3.8) is 0 Å². The van der Waals surface area contributed by atoms with Gasteiger partial charge in [-0.25, -0.2) is 0 Å². The van der Waals surface area contributed by atoms with Crippen LogP contribution >= 0.6 is 0 Å². The van der Waals surface area contributed by atoms with Crippen LogP contribution in [0.2, 0.25) is 0 Å². The molecule has 0 radical (unpaired) electrons. The van der Waals surface area contributed by atoms with Crippen molar-refractivity contribution in [3.05, 3.63) is 45.0 Å². The zero-order valence-electron chi connectivity index (χ0n) is 9.02. The van der Waals surface area contributed by atoms with Crippen LogP contribution in [0.1, 0.15) is 18.1 Å². The van der Waals surface area contributed by atoms with Crippen LogP contribution in [0.15, 0.2) is 23.8 Å². The molecule has 5 nitrogen and oxygen atoms in total. The number of nitro groups is 1. The Morgan fingerprint density at radius 3 is 2.62 bits per heavy atom. The SMILES string of the molecule is C/C(C#N)=C(/N)c1cc(C)cc([N+](=O)[O-])c1. The van der Waals surface area contributed by atoms with Crippen LogP contribution in [0.4, 0.5) is 5.69 Å². The lowest BCUT2D eigenvalue weighted by molar-refractivity contribution is -0.384. The highest BCUT2D eigenvalue weighted by molar-refractivity contribution is 5.70. The second kappa shape index (κ2) is 4.45. The molecule has 5 heteroatoms. The van der Waals surface area contributed by atoms with Crippen molar-refractivity contribution >= 4 is 11.4 Å². The van der Waals surface area contributed by atoms with E-state index in [9.17, 15) is 10.1 Å². The maximum Gasteiger partial charge on any atom is 0.270 e. The molecule has 0 aliphatic carbocycles. The lowest BCUT2D eigenvalue weighted by atomic mass is 10.0. The van der Waals surface area contributed by atoms with Gasteiger partial charge in [-0.15, -0.1) is 0 Å². The third-order valence-electron chi connectivity index (χ3n) is 2.16. The highest BCUT2D eigenvalue weighted by Gasteiger charge is 2.10. The summed E-state index contributed by atoms with van der Waals surface area (Å²) in [6.07, 6.45) is 0. The Kier molecular flexibility index (Phi) is 3.26. The average Bonchev–Trinajstić information content (AvgIpc) is 2.26. The van der Waals surface area contributed by atoms with Gasteiger partial charge in [0.1, 0.15) is 0 Å². The molecule has 82 valence electrons. The lowest BCUT2D eigenvalue weighted by Crippen LogP contribution is -2.01. The first-order valence-electron chi connectivity index (χ1n) is 4.58. The highest BCUT2D eigenvalue weighted by atomic mass is 16.6. The fourth-order valence-corrected chi connectivity index (χ4v) is 1.30. The maximum absolute atomic E-state index is 10.7. The molecule has 0 fully saturated rings. The first kappa shape index (κ1) is 11.7. The minimum absolute atomic E-state index is 0.0244. The molecule has 0 spiro atoms. The van der Waals surface area contributed by atoms with Crippen LogP contribution in [-0.2, 0) is 0 Å². The van der Waals surface area contributed by atoms with E-state index in [1.165, 1.54) is 12.1 Å². The van der Waals surface area contributed by atoms with Gasteiger partial charge >= 0.3 is 0 Å². The summed E-state index contributed by atoms with van der Waals surface area (Å²) in [5.41, 5.74) is 7.56. The summed E-state index contributed by atoms with van der Waals surface area (Å²) in [7, 11) is 0. The first-order chi connectivity index (χ1) is 7.45. The van der Waals surface area contributed by atoms with Gasteiger partial charge < -0.3 is 5.73 Å². The molecule has 16 heavy (non-hydrogen) atoms. The summed E-state index contributed by atoms with van der Waals surface area (Å²) >= 11 is 0. The van der Waals surface area contributed by atoms with Crippen molar-refractivity contribution in [2.45, 2.75) is 13.8 Å². The van der Waals surface area contributed by atoms with Gasteiger partial charge in [0.25, 0.3) is 5.69 Å². The number of non-ortho nitro benzene ring substituents is 1. The van der Waals surface area contributed by atoms with Crippen molar-refractivity contribution in [3.8, 4) is 6.07 Å². The molecule has 0 heterocycles. The Morgan fingerprint density at radius 2 is 2.12 bits per heavy atom. The molecule has 1 rings (SSSR count). The number of benzene rings is 1. The number of rotatable bonds is 2. The zero-order chi connectivity index (χ0) is 12.3. The second-order valence-electron chi connectivity index (χ2n) is 3.46. The summed E-state index contributed by atoms with van der Waals surface area (Å²) in [5, 5.41) is 19.3. The smallest absolute Gasteiger partial charge is 0.270 e. The maximum atomic E-state index is 10.7. The van der Waals surface area contributed by atoms with Gasteiger partial charge in [0.2, 0.25) is 0 Å². The minimum atomic E-state index is -0.481. The summed E-state index contributed by atoms with van der Waals surface area (Å²) < 4.78 is 0. The number of nitrogens with zero attached hydrogens (tertiary/aromatic N) is 2. The van der Waals surface area contributed by atoms with E-state index in [1.807, 2.05) is 6.07 Å². The van der Waals surface area contributed by atoms with E-state index in [2.05, 4.69) is 0 Å². The molecule has 0 aliphatic heterocycles. The van der Waals surface area contributed by atoms with Gasteiger partial charge in [-0.05, 0) is 25.5 Å². The number of allylic oxidation sites excluding steroid dienone is 1. The second-order valence-corrected chi connectivity index (χ2v) is 3.46. The van der Waals surface area contributed by atoms with E-state index in [0.717, 1.165) is 5.56 Å². The van der Waals surface area contributed by atoms with Crippen LogP contribution in [0.3, 0.4) is 0 Å². The monoisotopic (exact) mass is 217 g/mol. The third kappa shape index (κ3) is 2.36. The average molecular weight is 217 g/mol. The Morgan fingerprint density at radius 1 is 1.50 bits per heavy atom. The molecule has 0 amide bonds. The molecule has 0 aliphatic rings. The van der Waals surface area contributed by atoms with Gasteiger partial charge in [-0.1, -0.05) is 0 Å². The van der Waals surface area contributed by atoms with E-state index >= 15 is 0 Å². The Bertz CT molecular complexity index is 512. The molecule has 1 aromatic rings. The van der Waals surface area contributed by atoms with E-state index in [0.29, 0.717) is 11.1 Å². The number of hydrogen-bond donors (Lipinski definition) is 1. The predicted molar refractivity (Wildman–Crippen MR) is 60.2 cm³/mol. The van der Waals surface area contributed by atoms with E-state index in [1.54, 1.807) is 19.9 Å². The third-order valence-corrected chi connectivity index (χ3v) is 2.16. The van der Waals surface area contributed by atoms with Gasteiger partial charge in [0, 0.05) is 23.3 Å². The van der Waals surface area contributed by atoms with Crippen LogP contribution in [0.25, 0.3) is 5.70 Å². The van der Waals surface area contributed by atoms with Crippen LogP contribution in [0.5, 0.6) is 0 Å². The van der Waals surface area contributed by atoms with Gasteiger partial charge in [-0.3, -0.25) is 10.1 Å². The molecule has 0 saturated heterocycles. The number of nitro benzene ring substituents is 1. The number of aryl methyl sites for hydroxylation is 1. The molecule has 0 atom stereocenters. The molecule has 1 aromatic carbocycles. The van der Waals surface area contributed by atoms with Crippen molar-refractivity contribution in [1.82, 2.24) is 0 Å². The molecular formula is C11H11N3O2. The van der Waals surface area contributed by atoms with Gasteiger partial charge in [0.15, 0.2) is 0 Å². The largest absolute Gasteiger partial charge is 0.397 e. The molecule has 0 aromatic heterocycles. The molecular weight excluding hydrogens is 206 g/mol. The topological polar surface area (TPSA) is 93.0 Å². The quantitative estimate of drug-likeness (QED) is 0.466. The van der Waals surface area contributed by atoms with Gasteiger partial charge in [-0.2, -0.15) is 5.26 Å². The number of hydrogen-bond acceptors (Lipinski definition) is 4. The summed E-state index contributed by atoms with van der Waals surface area (Å²) in [4.78, 5) is 10.2. The first-order valence-corrected chi connectivity index (χ1v) is 4.58. The van der Waals surface area contributed by atoms with Crippen molar-refractivity contribution in [1.29, 1.82) is 5.26 Å². The Labute approximate surface area is 93.0 Å². The standard InChI is InChI=1S/C11H11N3O2/c1-7-3-9(11(13)8(2)6-12)5-10(4-7)14(15)16/h3-5H,13H2,1-2H3/b11-8-. The number of nitrogens with two attached hydrogens (primary N) is 1. The Hall–Kier alpha value is -2.35. The molecule has 0 unspecified atom stereocenters. The minimum Gasteiger partial charge on any atom is -0.397 e. The van der Waals surface area contributed by atoms with Gasteiger partial charge in [0.05, 0.1) is 16.7 Å². The van der Waals surface area contributed by atoms with E-state index in [-0.39, 0.29) is 11.4 Å². The predicted octanol–water partition coefficient (Wildman–Crippen LogP) is 2.12. The van der Waals surface area contributed by atoms with E-state index < -0.39 is 4.92 Å². The summed E-state index contributed by atoms with van der Waals surface area (Å²) in [6, 6.07) is 6.45. The fraction of sp³-hybridized carbons (Fsp3) is 0.182. The number of nitriles is 1. The summed E-state index contributed by atoms with van der Waals surface area (Å²) in [6.45, 7) is 3.31. The fourth-order valence-electron chi connectivity index (χ4n) is 1.30. The normalized spacial score (nSPS) is 11.6. The highest BCUT2D eigenvalue weighted by Crippen LogP contribution is 2.21. The zero-order valence-corrected chi connectivity index (χ0v) is 9.02. The van der Waals surface area contributed by atoms with E-state index in [4.69, 9.17) is 11.0 Å². The van der Waals surface area contributed by atoms with Crippen molar-refractivity contribution in [2.75, 3.05) is 0 Å². The molecule has 2 N–H and O–H groups in total. The molecule has 0 saturated carbocycles. The lowest BCUT2D eigenvalue weighted by Gasteiger charge is -2.04. The molecule has 0 bridgehead atoms.